The van der Waals surface area contributed by atoms with Crippen molar-refractivity contribution in [1.82, 2.24) is 19.9 Å². The van der Waals surface area contributed by atoms with E-state index in [1.165, 1.54) is 0 Å². The molecule has 0 aliphatic carbocycles. The highest BCUT2D eigenvalue weighted by atomic mass is 16.7. The summed E-state index contributed by atoms with van der Waals surface area (Å²) in [5, 5.41) is 8.80. The van der Waals surface area contributed by atoms with E-state index in [9.17, 15) is 4.79 Å². The Morgan fingerprint density at radius 1 is 1.29 bits per heavy atom. The molecule has 0 spiro atoms. The van der Waals surface area contributed by atoms with Gasteiger partial charge >= 0.3 is 13.2 Å². The van der Waals surface area contributed by atoms with Gasteiger partial charge < -0.3 is 23.7 Å². The number of amides is 1. The van der Waals surface area contributed by atoms with E-state index in [2.05, 4.69) is 10.2 Å². The molecule has 2 saturated heterocycles. The molecule has 1 aromatic heterocycles. The molecule has 10 heteroatoms. The number of morpholine rings is 1. The highest BCUT2D eigenvalue weighted by Gasteiger charge is 2.52. The van der Waals surface area contributed by atoms with Crippen LogP contribution in [-0.4, -0.2) is 75.7 Å². The van der Waals surface area contributed by atoms with Gasteiger partial charge in [-0.1, -0.05) is 0 Å². The number of carbonyl (C=O) groups is 1. The maximum Gasteiger partial charge on any atom is 0.518 e. The molecule has 0 N–H and O–H groups in total. The first-order valence-electron chi connectivity index (χ1n) is 9.71. The second kappa shape index (κ2) is 7.31. The van der Waals surface area contributed by atoms with E-state index in [4.69, 9.17) is 18.8 Å². The largest absolute Gasteiger partial charge is 0.518 e. The van der Waals surface area contributed by atoms with Crippen LogP contribution >= 0.6 is 0 Å². The predicted molar refractivity (Wildman–Crippen MR) is 103 cm³/mol. The third-order valence-corrected chi connectivity index (χ3v) is 5.21. The molecule has 0 unspecified atom stereocenters. The van der Waals surface area contributed by atoms with Crippen LogP contribution in [0.25, 0.3) is 0 Å². The summed E-state index contributed by atoms with van der Waals surface area (Å²) in [6.45, 7) is 15.4. The zero-order valence-corrected chi connectivity index (χ0v) is 17.9. The van der Waals surface area contributed by atoms with Crippen molar-refractivity contribution in [1.29, 1.82) is 0 Å². The first-order chi connectivity index (χ1) is 12.9. The molecule has 1 aromatic rings. The van der Waals surface area contributed by atoms with Gasteiger partial charge in [-0.05, 0) is 48.5 Å². The molecule has 3 rings (SSSR count). The Morgan fingerprint density at radius 2 is 1.93 bits per heavy atom. The van der Waals surface area contributed by atoms with Crippen molar-refractivity contribution in [3.8, 4) is 0 Å². The fourth-order valence-corrected chi connectivity index (χ4v) is 2.97. The van der Waals surface area contributed by atoms with Gasteiger partial charge in [0, 0.05) is 6.54 Å². The molecule has 2 aliphatic heterocycles. The average molecular weight is 394 g/mol. The monoisotopic (exact) mass is 394 g/mol. The van der Waals surface area contributed by atoms with Crippen LogP contribution in [0, 0.1) is 0 Å². The highest BCUT2D eigenvalue weighted by Crippen LogP contribution is 2.36. The normalized spacial score (nSPS) is 24.5. The van der Waals surface area contributed by atoms with Crippen LogP contribution in [0.3, 0.4) is 0 Å². The number of hydrogen-bond donors (Lipinski definition) is 0. The molecule has 1 amide bonds. The summed E-state index contributed by atoms with van der Waals surface area (Å²) in [6.07, 6.45) is 1.11. The molecule has 0 radical (unpaired) electrons. The lowest BCUT2D eigenvalue weighted by Crippen LogP contribution is -2.48. The van der Waals surface area contributed by atoms with Crippen LogP contribution in [0.2, 0.25) is 0 Å². The molecule has 0 saturated carbocycles. The van der Waals surface area contributed by atoms with Crippen LogP contribution in [0.15, 0.2) is 6.20 Å². The SMILES string of the molecule is CC(C)(C)OC(=O)N1CCO[C@H](Cn2ncc(B3OC(C)(C)C(C)(C)O3)n2)C1. The summed E-state index contributed by atoms with van der Waals surface area (Å²) in [4.78, 5) is 15.5. The average Bonchev–Trinajstić information content (AvgIpc) is 3.08. The minimum absolute atomic E-state index is 0.209. The van der Waals surface area contributed by atoms with E-state index in [1.807, 2.05) is 48.5 Å². The molecule has 156 valence electrons. The fourth-order valence-electron chi connectivity index (χ4n) is 2.97. The van der Waals surface area contributed by atoms with E-state index >= 15 is 0 Å². The van der Waals surface area contributed by atoms with E-state index in [1.54, 1.807) is 15.9 Å². The Labute approximate surface area is 166 Å². The number of hydrogen-bond acceptors (Lipinski definition) is 7. The zero-order chi connectivity index (χ0) is 20.7. The summed E-state index contributed by atoms with van der Waals surface area (Å²) in [5.74, 6) is 0. The topological polar surface area (TPSA) is 87.9 Å². The Hall–Kier alpha value is -1.65. The van der Waals surface area contributed by atoms with Crippen LogP contribution in [0.4, 0.5) is 4.79 Å². The first kappa shape index (κ1) is 21.1. The second-order valence-electron chi connectivity index (χ2n) is 9.33. The molecule has 9 nitrogen and oxygen atoms in total. The molecule has 28 heavy (non-hydrogen) atoms. The summed E-state index contributed by atoms with van der Waals surface area (Å²) in [5.41, 5.74) is -0.756. The predicted octanol–water partition coefficient (Wildman–Crippen LogP) is 1.21. The standard InChI is InChI=1S/C18H31BN4O5/c1-16(2,3)26-15(24)22-8-9-25-13(11-22)12-23-20-10-14(21-23)19-27-17(4,5)18(6,7)28-19/h10,13H,8-9,11-12H2,1-7H3/t13-/m0/s1. The molecule has 2 fully saturated rings. The number of rotatable bonds is 3. The summed E-state index contributed by atoms with van der Waals surface area (Å²) in [7, 11) is -0.552. The van der Waals surface area contributed by atoms with Crippen molar-refractivity contribution in [2.45, 2.75) is 77.9 Å². The van der Waals surface area contributed by atoms with Gasteiger partial charge in [-0.25, -0.2) is 4.79 Å². The van der Waals surface area contributed by atoms with Crippen LogP contribution in [-0.2, 0) is 25.3 Å². The Morgan fingerprint density at radius 3 is 2.54 bits per heavy atom. The van der Waals surface area contributed by atoms with Crippen molar-refractivity contribution < 1.29 is 23.6 Å². The lowest BCUT2D eigenvalue weighted by Gasteiger charge is -2.34. The van der Waals surface area contributed by atoms with E-state index < -0.39 is 23.9 Å². The Balaban J connectivity index is 1.59. The smallest absolute Gasteiger partial charge is 0.444 e. The molecular formula is C18H31BN4O5. The maximum absolute atomic E-state index is 12.3. The number of carbonyl (C=O) groups excluding carboxylic acids is 1. The van der Waals surface area contributed by atoms with Crippen molar-refractivity contribution in [3.63, 3.8) is 0 Å². The van der Waals surface area contributed by atoms with Crippen LogP contribution in [0.5, 0.6) is 0 Å². The van der Waals surface area contributed by atoms with Crippen LogP contribution < -0.4 is 5.59 Å². The molecular weight excluding hydrogens is 363 g/mol. The highest BCUT2D eigenvalue weighted by molar-refractivity contribution is 6.61. The van der Waals surface area contributed by atoms with Crippen molar-refractivity contribution >= 4 is 18.8 Å². The first-order valence-corrected chi connectivity index (χ1v) is 9.71. The molecule has 1 atom stereocenters. The minimum atomic E-state index is -0.552. The third-order valence-electron chi connectivity index (χ3n) is 5.21. The molecule has 0 bridgehead atoms. The van der Waals surface area contributed by atoms with Gasteiger partial charge in [0.15, 0.2) is 0 Å². The summed E-state index contributed by atoms with van der Waals surface area (Å²) < 4.78 is 23.2. The van der Waals surface area contributed by atoms with Gasteiger partial charge in [0.2, 0.25) is 0 Å². The molecule has 0 aromatic carbocycles. The quantitative estimate of drug-likeness (QED) is 0.713. The van der Waals surface area contributed by atoms with Gasteiger partial charge in [-0.15, -0.1) is 0 Å². The van der Waals surface area contributed by atoms with Gasteiger partial charge in [-0.3, -0.25) is 0 Å². The van der Waals surface area contributed by atoms with E-state index in [-0.39, 0.29) is 12.2 Å². The van der Waals surface area contributed by atoms with Crippen molar-refractivity contribution in [2.75, 3.05) is 19.7 Å². The number of aromatic nitrogens is 3. The second-order valence-corrected chi connectivity index (χ2v) is 9.33. The van der Waals surface area contributed by atoms with Crippen molar-refractivity contribution in [3.05, 3.63) is 6.20 Å². The van der Waals surface area contributed by atoms with Gasteiger partial charge in [0.05, 0.1) is 43.2 Å². The Kier molecular flexibility index (Phi) is 5.50. The van der Waals surface area contributed by atoms with Gasteiger partial charge in [-0.2, -0.15) is 15.0 Å². The number of nitrogens with zero attached hydrogens (tertiary/aromatic N) is 4. The molecule has 2 aliphatic rings. The lowest BCUT2D eigenvalue weighted by molar-refractivity contribution is -0.0495. The maximum atomic E-state index is 12.3. The fraction of sp³-hybridized carbons (Fsp3) is 0.833. The zero-order valence-electron chi connectivity index (χ0n) is 17.9. The van der Waals surface area contributed by atoms with Gasteiger partial charge in [0.1, 0.15) is 11.2 Å². The summed E-state index contributed by atoms with van der Waals surface area (Å²) >= 11 is 0. The van der Waals surface area contributed by atoms with E-state index in [0.717, 1.165) is 0 Å². The minimum Gasteiger partial charge on any atom is -0.444 e. The van der Waals surface area contributed by atoms with Crippen molar-refractivity contribution in [2.24, 2.45) is 0 Å². The van der Waals surface area contributed by atoms with E-state index in [0.29, 0.717) is 31.8 Å². The Bertz CT molecular complexity index is 699. The summed E-state index contributed by atoms with van der Waals surface area (Å²) in [6, 6.07) is 0. The third kappa shape index (κ3) is 4.67. The number of ether oxygens (including phenoxy) is 2. The lowest BCUT2D eigenvalue weighted by atomic mass is 9.86. The van der Waals surface area contributed by atoms with Crippen LogP contribution in [0.1, 0.15) is 48.5 Å². The molecule has 3 heterocycles. The van der Waals surface area contributed by atoms with Gasteiger partial charge in [0.25, 0.3) is 0 Å².